The molecule has 0 radical (unpaired) electrons. The zero-order valence-electron chi connectivity index (χ0n) is 15.6. The van der Waals surface area contributed by atoms with Gasteiger partial charge in [-0.15, -0.1) is 0 Å². The molecule has 0 spiro atoms. The van der Waals surface area contributed by atoms with E-state index in [1.54, 1.807) is 55.8 Å². The van der Waals surface area contributed by atoms with Gasteiger partial charge in [-0.05, 0) is 24.6 Å². The van der Waals surface area contributed by atoms with Crippen LogP contribution in [0.1, 0.15) is 36.5 Å². The summed E-state index contributed by atoms with van der Waals surface area (Å²) in [7, 11) is 1.57. The smallest absolute Gasteiger partial charge is 0.340 e. The van der Waals surface area contributed by atoms with E-state index in [-0.39, 0.29) is 5.56 Å². The topological polar surface area (TPSA) is 57.5 Å². The summed E-state index contributed by atoms with van der Waals surface area (Å²) < 4.78 is 12.2. The van der Waals surface area contributed by atoms with Crippen molar-refractivity contribution in [3.05, 3.63) is 70.6 Å². The number of carbonyl (C=O) groups excluding carboxylic acids is 1. The zero-order valence-corrected chi connectivity index (χ0v) is 15.6. The molecule has 0 bridgehead atoms. The van der Waals surface area contributed by atoms with Crippen LogP contribution >= 0.6 is 0 Å². The van der Waals surface area contributed by atoms with Gasteiger partial charge >= 0.3 is 5.97 Å². The number of nitrogens with zero attached hydrogens (tertiary/aromatic N) is 1. The van der Waals surface area contributed by atoms with Crippen molar-refractivity contribution >= 4 is 16.7 Å². The molecule has 5 nitrogen and oxygen atoms in total. The molecule has 3 aromatic rings. The van der Waals surface area contributed by atoms with Gasteiger partial charge in [0.25, 0.3) is 5.56 Å². The number of unbranched alkanes of at least 4 members (excludes halogenated alkanes) is 2. The Morgan fingerprint density at radius 1 is 1.04 bits per heavy atom. The molecule has 140 valence electrons. The van der Waals surface area contributed by atoms with Crippen LogP contribution in [0.3, 0.4) is 0 Å². The minimum absolute atomic E-state index is 0.193. The molecule has 0 fully saturated rings. The van der Waals surface area contributed by atoms with Crippen molar-refractivity contribution in [3.8, 4) is 11.4 Å². The van der Waals surface area contributed by atoms with Crippen molar-refractivity contribution < 1.29 is 14.3 Å². The number of fused-ring (bicyclic) bond motifs is 1. The molecule has 0 atom stereocenters. The summed E-state index contributed by atoms with van der Waals surface area (Å²) in [6.45, 7) is 2.47. The van der Waals surface area contributed by atoms with E-state index in [4.69, 9.17) is 9.47 Å². The number of ether oxygens (including phenoxy) is 2. The Morgan fingerprint density at radius 3 is 2.56 bits per heavy atom. The molecule has 2 aromatic carbocycles. The number of benzene rings is 2. The Kier molecular flexibility index (Phi) is 5.91. The standard InChI is InChI=1S/C22H23NO4/c1-3-4-7-13-27-22(25)20-15-23(16-9-8-10-17(14-16)26-2)21(24)19-12-6-5-11-18(19)20/h5-6,8-12,14-15H,3-4,7,13H2,1-2H3. The highest BCUT2D eigenvalue weighted by Crippen LogP contribution is 2.21. The van der Waals surface area contributed by atoms with Gasteiger partial charge in [0, 0.05) is 23.0 Å². The second-order valence-electron chi connectivity index (χ2n) is 6.31. The average molecular weight is 365 g/mol. The lowest BCUT2D eigenvalue weighted by Crippen LogP contribution is -2.21. The number of esters is 1. The first-order chi connectivity index (χ1) is 13.2. The summed E-state index contributed by atoms with van der Waals surface area (Å²) in [5.74, 6) is 0.218. The summed E-state index contributed by atoms with van der Waals surface area (Å²) in [6.07, 6.45) is 4.45. The Labute approximate surface area is 158 Å². The third-order valence-corrected chi connectivity index (χ3v) is 4.46. The van der Waals surface area contributed by atoms with E-state index in [9.17, 15) is 9.59 Å². The van der Waals surface area contributed by atoms with E-state index in [1.807, 2.05) is 6.07 Å². The number of hydrogen-bond acceptors (Lipinski definition) is 4. The normalized spacial score (nSPS) is 10.7. The van der Waals surface area contributed by atoms with Crippen molar-refractivity contribution in [1.82, 2.24) is 4.57 Å². The number of carbonyl (C=O) groups is 1. The van der Waals surface area contributed by atoms with Crippen LogP contribution in [0.4, 0.5) is 0 Å². The molecule has 0 aliphatic heterocycles. The number of hydrogen-bond donors (Lipinski definition) is 0. The highest BCUT2D eigenvalue weighted by Gasteiger charge is 2.16. The molecule has 0 saturated heterocycles. The molecule has 0 saturated carbocycles. The van der Waals surface area contributed by atoms with Crippen molar-refractivity contribution in [2.24, 2.45) is 0 Å². The lowest BCUT2D eigenvalue weighted by Gasteiger charge is -2.13. The molecule has 1 heterocycles. The van der Waals surface area contributed by atoms with E-state index >= 15 is 0 Å². The first-order valence-corrected chi connectivity index (χ1v) is 9.11. The maximum Gasteiger partial charge on any atom is 0.340 e. The van der Waals surface area contributed by atoms with Crippen LogP contribution in [0.2, 0.25) is 0 Å². The molecule has 0 N–H and O–H groups in total. The highest BCUT2D eigenvalue weighted by atomic mass is 16.5. The van der Waals surface area contributed by atoms with Crippen LogP contribution in [0.5, 0.6) is 5.75 Å². The van der Waals surface area contributed by atoms with Gasteiger partial charge in [-0.3, -0.25) is 9.36 Å². The minimum Gasteiger partial charge on any atom is -0.497 e. The maximum absolute atomic E-state index is 13.0. The largest absolute Gasteiger partial charge is 0.497 e. The van der Waals surface area contributed by atoms with Crippen molar-refractivity contribution in [3.63, 3.8) is 0 Å². The van der Waals surface area contributed by atoms with Gasteiger partial charge in [0.15, 0.2) is 0 Å². The predicted octanol–water partition coefficient (Wildman–Crippen LogP) is 4.35. The fraction of sp³-hybridized carbons (Fsp3) is 0.273. The Morgan fingerprint density at radius 2 is 1.81 bits per heavy atom. The van der Waals surface area contributed by atoms with Gasteiger partial charge < -0.3 is 9.47 Å². The number of pyridine rings is 1. The molecule has 0 unspecified atom stereocenters. The van der Waals surface area contributed by atoms with Crippen molar-refractivity contribution in [2.75, 3.05) is 13.7 Å². The van der Waals surface area contributed by atoms with Crippen molar-refractivity contribution in [1.29, 1.82) is 0 Å². The SMILES string of the molecule is CCCCCOC(=O)c1cn(-c2cccc(OC)c2)c(=O)c2ccccc12. The van der Waals surface area contributed by atoms with E-state index in [0.717, 1.165) is 19.3 Å². The minimum atomic E-state index is -0.418. The fourth-order valence-corrected chi connectivity index (χ4v) is 3.00. The molecule has 3 rings (SSSR count). The molecule has 0 aliphatic rings. The van der Waals surface area contributed by atoms with Crippen molar-refractivity contribution in [2.45, 2.75) is 26.2 Å². The predicted molar refractivity (Wildman–Crippen MR) is 106 cm³/mol. The summed E-state index contributed by atoms with van der Waals surface area (Å²) >= 11 is 0. The molecule has 0 amide bonds. The number of methoxy groups -OCH3 is 1. The molecule has 27 heavy (non-hydrogen) atoms. The van der Waals surface area contributed by atoms with Gasteiger partial charge in [-0.25, -0.2) is 4.79 Å². The number of rotatable bonds is 7. The van der Waals surface area contributed by atoms with Crippen LogP contribution in [-0.4, -0.2) is 24.3 Å². The van der Waals surface area contributed by atoms with Crippen LogP contribution in [0, 0.1) is 0 Å². The maximum atomic E-state index is 13.0. The third-order valence-electron chi connectivity index (χ3n) is 4.46. The molecule has 5 heteroatoms. The highest BCUT2D eigenvalue weighted by molar-refractivity contribution is 6.04. The summed E-state index contributed by atoms with van der Waals surface area (Å²) in [4.78, 5) is 25.7. The summed E-state index contributed by atoms with van der Waals surface area (Å²) in [5, 5.41) is 1.07. The average Bonchev–Trinajstić information content (AvgIpc) is 2.71. The van der Waals surface area contributed by atoms with Gasteiger partial charge in [0.1, 0.15) is 5.75 Å². The van der Waals surface area contributed by atoms with Crippen LogP contribution < -0.4 is 10.3 Å². The quantitative estimate of drug-likeness (QED) is 0.461. The van der Waals surface area contributed by atoms with Crippen LogP contribution in [0.25, 0.3) is 16.5 Å². The molecule has 1 aromatic heterocycles. The van der Waals surface area contributed by atoms with Gasteiger partial charge in [0.2, 0.25) is 0 Å². The third kappa shape index (κ3) is 4.03. The Hall–Kier alpha value is -3.08. The monoisotopic (exact) mass is 365 g/mol. The van der Waals surface area contributed by atoms with E-state index < -0.39 is 5.97 Å². The molecular weight excluding hydrogens is 342 g/mol. The summed E-state index contributed by atoms with van der Waals surface area (Å²) in [5.41, 5.74) is 0.816. The second-order valence-corrected chi connectivity index (χ2v) is 6.31. The van der Waals surface area contributed by atoms with Gasteiger partial charge in [-0.2, -0.15) is 0 Å². The first kappa shape index (κ1) is 18.7. The number of aromatic nitrogens is 1. The first-order valence-electron chi connectivity index (χ1n) is 9.11. The molecular formula is C22H23NO4. The van der Waals surface area contributed by atoms with Crippen LogP contribution in [-0.2, 0) is 4.74 Å². The Bertz CT molecular complexity index is 1010. The van der Waals surface area contributed by atoms with Gasteiger partial charge in [0.05, 0.1) is 25.0 Å². The van der Waals surface area contributed by atoms with Crippen LogP contribution in [0.15, 0.2) is 59.5 Å². The molecule has 0 aliphatic carbocycles. The zero-order chi connectivity index (χ0) is 19.2. The lowest BCUT2D eigenvalue weighted by atomic mass is 10.1. The van der Waals surface area contributed by atoms with E-state index in [0.29, 0.717) is 34.4 Å². The van der Waals surface area contributed by atoms with E-state index in [1.165, 1.54) is 4.57 Å². The second kappa shape index (κ2) is 8.54. The van der Waals surface area contributed by atoms with E-state index in [2.05, 4.69) is 6.92 Å². The van der Waals surface area contributed by atoms with Gasteiger partial charge in [-0.1, -0.05) is 44.0 Å². The Balaban J connectivity index is 2.09. The fourth-order valence-electron chi connectivity index (χ4n) is 3.00. The summed E-state index contributed by atoms with van der Waals surface area (Å²) in [6, 6.07) is 14.3. The lowest BCUT2D eigenvalue weighted by molar-refractivity contribution is 0.0499.